The lowest BCUT2D eigenvalue weighted by Crippen LogP contribution is -2.35. The largest absolute Gasteiger partial charge is 0.497 e. The maximum atomic E-state index is 13.2. The highest BCUT2D eigenvalue weighted by Crippen LogP contribution is 2.29. The number of anilines is 2. The van der Waals surface area contributed by atoms with Gasteiger partial charge in [0.15, 0.2) is 0 Å². The van der Waals surface area contributed by atoms with Crippen molar-refractivity contribution in [2.75, 3.05) is 25.5 Å². The van der Waals surface area contributed by atoms with Crippen LogP contribution in [0, 0.1) is 0 Å². The second kappa shape index (κ2) is 7.77. The molecule has 2 aromatic carbocycles. The normalized spacial score (nSPS) is 15.5. The van der Waals surface area contributed by atoms with Crippen LogP contribution in [0.4, 0.5) is 11.5 Å². The third kappa shape index (κ3) is 3.68. The second-order valence-corrected chi connectivity index (χ2v) is 8.77. The first-order valence-electron chi connectivity index (χ1n) is 9.38. The number of hydrogen-bond donors (Lipinski definition) is 1. The van der Waals surface area contributed by atoms with Crippen LogP contribution in [0.2, 0.25) is 0 Å². The Morgan fingerprint density at radius 2 is 1.79 bits per heavy atom. The average Bonchev–Trinajstić information content (AvgIpc) is 2.74. The average molecular weight is 398 g/mol. The van der Waals surface area contributed by atoms with Crippen LogP contribution in [0.3, 0.4) is 0 Å². The van der Waals surface area contributed by atoms with Crippen molar-refractivity contribution in [3.05, 3.63) is 54.7 Å². The summed E-state index contributed by atoms with van der Waals surface area (Å²) in [6, 6.07) is 14.6. The molecule has 1 N–H and O–H groups in total. The predicted molar refractivity (Wildman–Crippen MR) is 111 cm³/mol. The number of piperidine rings is 1. The molecule has 1 aromatic heterocycles. The van der Waals surface area contributed by atoms with E-state index in [9.17, 15) is 8.42 Å². The smallest absolute Gasteiger partial charge is 0.243 e. The van der Waals surface area contributed by atoms with Gasteiger partial charge in [0.25, 0.3) is 0 Å². The van der Waals surface area contributed by atoms with Crippen molar-refractivity contribution in [1.82, 2.24) is 9.29 Å². The molecule has 146 valence electrons. The molecule has 0 amide bonds. The van der Waals surface area contributed by atoms with Crippen LogP contribution in [0.1, 0.15) is 19.3 Å². The van der Waals surface area contributed by atoms with Gasteiger partial charge in [0.1, 0.15) is 11.6 Å². The van der Waals surface area contributed by atoms with E-state index in [0.29, 0.717) is 29.2 Å². The van der Waals surface area contributed by atoms with Gasteiger partial charge in [-0.05, 0) is 49.2 Å². The molecule has 1 aliphatic heterocycles. The third-order valence-electron chi connectivity index (χ3n) is 5.02. The van der Waals surface area contributed by atoms with E-state index < -0.39 is 10.0 Å². The predicted octanol–water partition coefficient (Wildman–Crippen LogP) is 4.16. The zero-order chi connectivity index (χ0) is 19.6. The topological polar surface area (TPSA) is 71.5 Å². The zero-order valence-electron chi connectivity index (χ0n) is 15.8. The van der Waals surface area contributed by atoms with Crippen LogP contribution in [0.25, 0.3) is 10.8 Å². The number of fused-ring (bicyclic) bond motifs is 1. The summed E-state index contributed by atoms with van der Waals surface area (Å²) in [6.07, 6.45) is 4.61. The fourth-order valence-corrected chi connectivity index (χ4v) is 5.22. The first kappa shape index (κ1) is 18.7. The molecule has 1 fully saturated rings. The van der Waals surface area contributed by atoms with Gasteiger partial charge in [-0.15, -0.1) is 0 Å². The number of ether oxygens (including phenoxy) is 1. The lowest BCUT2D eigenvalue weighted by atomic mass is 10.2. The molecule has 4 rings (SSSR count). The van der Waals surface area contributed by atoms with Gasteiger partial charge in [-0.2, -0.15) is 4.31 Å². The van der Waals surface area contributed by atoms with Gasteiger partial charge in [0.05, 0.1) is 12.0 Å². The number of nitrogens with one attached hydrogen (secondary N) is 1. The number of hydrogen-bond acceptors (Lipinski definition) is 5. The lowest BCUT2D eigenvalue weighted by Gasteiger charge is -2.26. The van der Waals surface area contributed by atoms with E-state index in [4.69, 9.17) is 4.74 Å². The lowest BCUT2D eigenvalue weighted by molar-refractivity contribution is 0.347. The summed E-state index contributed by atoms with van der Waals surface area (Å²) < 4.78 is 33.2. The highest BCUT2D eigenvalue weighted by molar-refractivity contribution is 7.89. The Labute approximate surface area is 165 Å². The Kier molecular flexibility index (Phi) is 5.19. The summed E-state index contributed by atoms with van der Waals surface area (Å²) in [5, 5.41) is 4.71. The molecule has 0 bridgehead atoms. The Bertz CT molecular complexity index is 1080. The molecule has 0 saturated carbocycles. The molecular weight excluding hydrogens is 374 g/mol. The maximum Gasteiger partial charge on any atom is 0.243 e. The molecule has 28 heavy (non-hydrogen) atoms. The summed E-state index contributed by atoms with van der Waals surface area (Å²) >= 11 is 0. The summed E-state index contributed by atoms with van der Waals surface area (Å²) in [4.78, 5) is 4.77. The number of methoxy groups -OCH3 is 1. The van der Waals surface area contributed by atoms with Gasteiger partial charge >= 0.3 is 0 Å². The Morgan fingerprint density at radius 3 is 2.50 bits per heavy atom. The van der Waals surface area contributed by atoms with E-state index >= 15 is 0 Å². The maximum absolute atomic E-state index is 13.2. The molecule has 7 heteroatoms. The van der Waals surface area contributed by atoms with E-state index in [1.54, 1.807) is 35.8 Å². The number of nitrogens with zero attached hydrogens (tertiary/aromatic N) is 2. The zero-order valence-corrected chi connectivity index (χ0v) is 16.6. The van der Waals surface area contributed by atoms with Crippen molar-refractivity contribution in [2.24, 2.45) is 0 Å². The molecule has 2 heterocycles. The summed E-state index contributed by atoms with van der Waals surface area (Å²) in [5.41, 5.74) is 0.851. The van der Waals surface area contributed by atoms with Crippen LogP contribution in [-0.2, 0) is 10.0 Å². The molecule has 0 aliphatic carbocycles. The monoisotopic (exact) mass is 397 g/mol. The summed E-state index contributed by atoms with van der Waals surface area (Å²) in [7, 11) is -1.90. The van der Waals surface area contributed by atoms with E-state index in [-0.39, 0.29) is 0 Å². The third-order valence-corrected chi connectivity index (χ3v) is 6.98. The Balaban J connectivity index is 1.70. The van der Waals surface area contributed by atoms with Gasteiger partial charge in [0.2, 0.25) is 10.0 Å². The van der Waals surface area contributed by atoms with Crippen LogP contribution in [0.5, 0.6) is 5.75 Å². The van der Waals surface area contributed by atoms with Crippen molar-refractivity contribution < 1.29 is 13.2 Å². The molecule has 1 aliphatic rings. The van der Waals surface area contributed by atoms with Crippen LogP contribution in [-0.4, -0.2) is 37.9 Å². The molecule has 0 radical (unpaired) electrons. The van der Waals surface area contributed by atoms with Gasteiger partial charge < -0.3 is 10.1 Å². The van der Waals surface area contributed by atoms with Crippen molar-refractivity contribution >= 4 is 32.3 Å². The van der Waals surface area contributed by atoms with Gasteiger partial charge in [-0.1, -0.05) is 18.6 Å². The van der Waals surface area contributed by atoms with Crippen LogP contribution >= 0.6 is 0 Å². The number of aromatic nitrogens is 1. The molecule has 1 saturated heterocycles. The van der Waals surface area contributed by atoms with E-state index in [1.165, 1.54) is 0 Å². The molecule has 0 unspecified atom stereocenters. The molecular formula is C21H23N3O3S. The first-order valence-corrected chi connectivity index (χ1v) is 10.8. The second-order valence-electron chi connectivity index (χ2n) is 6.87. The van der Waals surface area contributed by atoms with Crippen LogP contribution in [0.15, 0.2) is 59.6 Å². The van der Waals surface area contributed by atoms with E-state index in [1.807, 2.05) is 30.3 Å². The highest BCUT2D eigenvalue weighted by atomic mass is 32.2. The molecule has 0 spiro atoms. The number of sulfonamides is 1. The van der Waals surface area contributed by atoms with Gasteiger partial charge in [-0.25, -0.2) is 13.4 Å². The van der Waals surface area contributed by atoms with Crippen molar-refractivity contribution in [3.8, 4) is 5.75 Å². The van der Waals surface area contributed by atoms with Crippen molar-refractivity contribution in [3.63, 3.8) is 0 Å². The van der Waals surface area contributed by atoms with Crippen molar-refractivity contribution in [1.29, 1.82) is 0 Å². The summed E-state index contributed by atoms with van der Waals surface area (Å²) in [6.45, 7) is 1.17. The fraction of sp³-hybridized carbons (Fsp3) is 0.286. The standard InChI is InChI=1S/C21H23N3O3S/c1-27-18-10-8-17(9-11-18)23-21-14-19-16(15-22-21)6-5-7-20(19)28(25,26)24-12-3-2-4-13-24/h5-11,14-15H,2-4,12-13H2,1H3,(H,22,23). The Hall–Kier alpha value is -2.64. The minimum atomic E-state index is -3.53. The molecule has 3 aromatic rings. The number of rotatable bonds is 5. The molecule has 6 nitrogen and oxygen atoms in total. The van der Waals surface area contributed by atoms with Gasteiger partial charge in [-0.3, -0.25) is 0 Å². The SMILES string of the molecule is COc1ccc(Nc2cc3c(S(=O)(=O)N4CCCCC4)cccc3cn2)cc1. The minimum Gasteiger partial charge on any atom is -0.497 e. The first-order chi connectivity index (χ1) is 13.6. The van der Waals surface area contributed by atoms with Crippen molar-refractivity contribution in [2.45, 2.75) is 24.2 Å². The van der Waals surface area contributed by atoms with E-state index in [0.717, 1.165) is 36.1 Å². The van der Waals surface area contributed by atoms with Crippen LogP contribution < -0.4 is 10.1 Å². The number of pyridine rings is 1. The fourth-order valence-electron chi connectivity index (χ4n) is 3.50. The molecule has 0 atom stereocenters. The minimum absolute atomic E-state index is 0.340. The Morgan fingerprint density at radius 1 is 1.04 bits per heavy atom. The quantitative estimate of drug-likeness (QED) is 0.700. The highest BCUT2D eigenvalue weighted by Gasteiger charge is 2.27. The van der Waals surface area contributed by atoms with Gasteiger partial charge in [0, 0.05) is 35.7 Å². The summed E-state index contributed by atoms with van der Waals surface area (Å²) in [5.74, 6) is 1.37. The van der Waals surface area contributed by atoms with E-state index in [2.05, 4.69) is 10.3 Å². The number of benzene rings is 2.